The lowest BCUT2D eigenvalue weighted by Crippen LogP contribution is -2.40. The van der Waals surface area contributed by atoms with Gasteiger partial charge in [-0.1, -0.05) is 6.42 Å². The SMILES string of the molecule is CNS(=O)(=O)c1ccc(Nc2ccc3c(c2)OC2(CCCCC2)O3)c([N+](=O)[O-])c1. The van der Waals surface area contributed by atoms with Gasteiger partial charge in [0.15, 0.2) is 11.5 Å². The van der Waals surface area contributed by atoms with Crippen molar-refractivity contribution in [3.63, 3.8) is 0 Å². The number of nitrogens with zero attached hydrogens (tertiary/aromatic N) is 1. The van der Waals surface area contributed by atoms with Gasteiger partial charge in [-0.15, -0.1) is 0 Å². The first-order chi connectivity index (χ1) is 13.8. The summed E-state index contributed by atoms with van der Waals surface area (Å²) >= 11 is 0. The Bertz CT molecular complexity index is 1060. The van der Waals surface area contributed by atoms with Gasteiger partial charge in [0.1, 0.15) is 5.69 Å². The molecule has 0 radical (unpaired) electrons. The molecule has 2 aliphatic rings. The third-order valence-electron chi connectivity index (χ3n) is 5.17. The van der Waals surface area contributed by atoms with Crippen molar-refractivity contribution in [1.29, 1.82) is 0 Å². The van der Waals surface area contributed by atoms with Crippen molar-refractivity contribution in [1.82, 2.24) is 4.72 Å². The standard InChI is InChI=1S/C19H21N3O6S/c1-20-29(25,26)14-6-7-15(16(12-14)22(23)24)21-13-5-8-17-18(11-13)28-19(27-17)9-3-2-4-10-19/h5-8,11-12,20-21H,2-4,9-10H2,1H3. The molecule has 154 valence electrons. The predicted octanol–water partition coefficient (Wildman–Crippen LogP) is 3.68. The monoisotopic (exact) mass is 419 g/mol. The molecule has 1 aliphatic heterocycles. The average Bonchev–Trinajstić information content (AvgIpc) is 3.05. The molecule has 0 unspecified atom stereocenters. The molecule has 1 aliphatic carbocycles. The van der Waals surface area contributed by atoms with Crippen LogP contribution in [0.25, 0.3) is 0 Å². The van der Waals surface area contributed by atoms with E-state index < -0.39 is 20.7 Å². The second-order valence-electron chi connectivity index (χ2n) is 7.11. The van der Waals surface area contributed by atoms with E-state index in [1.807, 2.05) is 0 Å². The largest absolute Gasteiger partial charge is 0.448 e. The summed E-state index contributed by atoms with van der Waals surface area (Å²) in [5.74, 6) is 0.644. The summed E-state index contributed by atoms with van der Waals surface area (Å²) in [4.78, 5) is 10.7. The van der Waals surface area contributed by atoms with Gasteiger partial charge >= 0.3 is 0 Å². The molecule has 0 saturated heterocycles. The Morgan fingerprint density at radius 3 is 2.45 bits per heavy atom. The minimum absolute atomic E-state index is 0.177. The van der Waals surface area contributed by atoms with Gasteiger partial charge in [-0.25, -0.2) is 13.1 Å². The number of hydrogen-bond donors (Lipinski definition) is 2. The molecule has 2 aromatic rings. The Labute approximate surface area is 168 Å². The van der Waals surface area contributed by atoms with Gasteiger partial charge in [-0.3, -0.25) is 10.1 Å². The predicted molar refractivity (Wildman–Crippen MR) is 106 cm³/mol. The third kappa shape index (κ3) is 3.73. The van der Waals surface area contributed by atoms with Crippen LogP contribution < -0.4 is 19.5 Å². The van der Waals surface area contributed by atoms with E-state index in [0.29, 0.717) is 17.2 Å². The highest BCUT2D eigenvalue weighted by molar-refractivity contribution is 7.89. The number of nitro groups is 1. The Morgan fingerprint density at radius 2 is 1.76 bits per heavy atom. The van der Waals surface area contributed by atoms with Crippen LogP contribution in [0.4, 0.5) is 17.1 Å². The number of rotatable bonds is 5. The summed E-state index contributed by atoms with van der Waals surface area (Å²) in [7, 11) is -2.54. The van der Waals surface area contributed by atoms with E-state index in [1.165, 1.54) is 25.6 Å². The number of nitro benzene ring substituents is 1. The molecule has 0 atom stereocenters. The van der Waals surface area contributed by atoms with Crippen molar-refractivity contribution in [2.45, 2.75) is 42.8 Å². The number of fused-ring (bicyclic) bond motifs is 1. The van der Waals surface area contributed by atoms with E-state index in [4.69, 9.17) is 9.47 Å². The summed E-state index contributed by atoms with van der Waals surface area (Å²) in [6.45, 7) is 0. The molecule has 9 nitrogen and oxygen atoms in total. The van der Waals surface area contributed by atoms with Gasteiger partial charge < -0.3 is 14.8 Å². The lowest BCUT2D eigenvalue weighted by molar-refractivity contribution is -0.384. The van der Waals surface area contributed by atoms with Crippen LogP contribution in [0.1, 0.15) is 32.1 Å². The number of hydrogen-bond acceptors (Lipinski definition) is 7. The third-order valence-corrected chi connectivity index (χ3v) is 6.59. The molecule has 0 aromatic heterocycles. The van der Waals surface area contributed by atoms with Gasteiger partial charge in [-0.2, -0.15) is 0 Å². The van der Waals surface area contributed by atoms with Crippen LogP contribution >= 0.6 is 0 Å². The van der Waals surface area contributed by atoms with Gasteiger partial charge in [0, 0.05) is 30.7 Å². The van der Waals surface area contributed by atoms with Crippen molar-refractivity contribution in [2.24, 2.45) is 0 Å². The Morgan fingerprint density at radius 1 is 1.03 bits per heavy atom. The molecule has 1 spiro atoms. The lowest BCUT2D eigenvalue weighted by Gasteiger charge is -2.31. The van der Waals surface area contributed by atoms with E-state index >= 15 is 0 Å². The molecule has 2 N–H and O–H groups in total. The van der Waals surface area contributed by atoms with Crippen molar-refractivity contribution in [3.05, 3.63) is 46.5 Å². The van der Waals surface area contributed by atoms with Crippen molar-refractivity contribution < 1.29 is 22.8 Å². The molecule has 0 bridgehead atoms. The summed E-state index contributed by atoms with van der Waals surface area (Å²) in [6.07, 6.45) is 4.93. The van der Waals surface area contributed by atoms with E-state index in [9.17, 15) is 18.5 Å². The molecular formula is C19H21N3O6S. The van der Waals surface area contributed by atoms with Crippen molar-refractivity contribution in [2.75, 3.05) is 12.4 Å². The molecule has 1 saturated carbocycles. The van der Waals surface area contributed by atoms with Gasteiger partial charge in [0.25, 0.3) is 11.5 Å². The average molecular weight is 419 g/mol. The summed E-state index contributed by atoms with van der Waals surface area (Å²) in [5.41, 5.74) is 0.409. The zero-order valence-electron chi connectivity index (χ0n) is 15.8. The molecule has 0 amide bonds. The van der Waals surface area contributed by atoms with Gasteiger partial charge in [0.2, 0.25) is 10.0 Å². The van der Waals surface area contributed by atoms with Crippen LogP contribution in [0.3, 0.4) is 0 Å². The van der Waals surface area contributed by atoms with Gasteiger partial charge in [-0.05, 0) is 44.2 Å². The fraction of sp³-hybridized carbons (Fsp3) is 0.368. The molecule has 2 aromatic carbocycles. The Hall–Kier alpha value is -2.85. The summed E-state index contributed by atoms with van der Waals surface area (Å²) in [6, 6.07) is 8.96. The highest BCUT2D eigenvalue weighted by Crippen LogP contribution is 2.47. The minimum atomic E-state index is -3.79. The number of nitrogens with one attached hydrogen (secondary N) is 2. The molecule has 1 heterocycles. The first kappa shape index (κ1) is 19.5. The van der Waals surface area contributed by atoms with E-state index in [2.05, 4.69) is 10.0 Å². The zero-order chi connectivity index (χ0) is 20.6. The maximum atomic E-state index is 11.9. The molecule has 10 heteroatoms. The van der Waals surface area contributed by atoms with Crippen molar-refractivity contribution in [3.8, 4) is 11.5 Å². The molecule has 4 rings (SSSR count). The van der Waals surface area contributed by atoms with Crippen LogP contribution in [0.15, 0.2) is 41.3 Å². The molecule has 1 fully saturated rings. The summed E-state index contributed by atoms with van der Waals surface area (Å²) in [5, 5.41) is 14.5. The van der Waals surface area contributed by atoms with E-state index in [0.717, 1.165) is 31.7 Å². The number of anilines is 2. The van der Waals surface area contributed by atoms with Crippen molar-refractivity contribution >= 4 is 27.1 Å². The van der Waals surface area contributed by atoms with Crippen LogP contribution in [-0.2, 0) is 10.0 Å². The Balaban J connectivity index is 1.61. The van der Waals surface area contributed by atoms with E-state index in [1.54, 1.807) is 18.2 Å². The number of sulfonamides is 1. The fourth-order valence-corrected chi connectivity index (χ4v) is 4.42. The smallest absolute Gasteiger partial charge is 0.294 e. The van der Waals surface area contributed by atoms with Crippen LogP contribution in [0.2, 0.25) is 0 Å². The second-order valence-corrected chi connectivity index (χ2v) is 8.99. The zero-order valence-corrected chi connectivity index (χ0v) is 16.6. The highest BCUT2D eigenvalue weighted by Gasteiger charge is 2.42. The second kappa shape index (κ2) is 7.20. The maximum Gasteiger partial charge on any atom is 0.294 e. The molecular weight excluding hydrogens is 398 g/mol. The van der Waals surface area contributed by atoms with Gasteiger partial charge in [0.05, 0.1) is 9.82 Å². The Kier molecular flexibility index (Phi) is 4.83. The summed E-state index contributed by atoms with van der Waals surface area (Å²) < 4.78 is 38.1. The quantitative estimate of drug-likeness (QED) is 0.560. The minimum Gasteiger partial charge on any atom is -0.448 e. The first-order valence-corrected chi connectivity index (χ1v) is 10.8. The number of ether oxygens (including phenoxy) is 2. The number of benzene rings is 2. The topological polar surface area (TPSA) is 120 Å². The first-order valence-electron chi connectivity index (χ1n) is 9.33. The van der Waals surface area contributed by atoms with Crippen LogP contribution in [0.5, 0.6) is 11.5 Å². The fourth-order valence-electron chi connectivity index (χ4n) is 3.67. The van der Waals surface area contributed by atoms with Crippen LogP contribution in [-0.4, -0.2) is 26.2 Å². The molecule has 29 heavy (non-hydrogen) atoms. The lowest BCUT2D eigenvalue weighted by atomic mass is 9.94. The van der Waals surface area contributed by atoms with Crippen LogP contribution in [0, 0.1) is 10.1 Å². The normalized spacial score (nSPS) is 17.3. The maximum absolute atomic E-state index is 11.9. The highest BCUT2D eigenvalue weighted by atomic mass is 32.2. The van der Waals surface area contributed by atoms with E-state index in [-0.39, 0.29) is 16.3 Å².